The van der Waals surface area contributed by atoms with Crippen LogP contribution in [0.15, 0.2) is 41.8 Å². The summed E-state index contributed by atoms with van der Waals surface area (Å²) in [4.78, 5) is 25.4. The lowest BCUT2D eigenvalue weighted by Gasteiger charge is -2.29. The zero-order chi connectivity index (χ0) is 18.5. The van der Waals surface area contributed by atoms with E-state index in [1.807, 2.05) is 13.0 Å². The summed E-state index contributed by atoms with van der Waals surface area (Å²) in [6.45, 7) is 4.28. The van der Waals surface area contributed by atoms with Crippen LogP contribution in [0.1, 0.15) is 30.7 Å². The molecule has 8 heteroatoms. The van der Waals surface area contributed by atoms with Gasteiger partial charge < -0.3 is 15.5 Å². The molecule has 0 aliphatic carbocycles. The van der Waals surface area contributed by atoms with Gasteiger partial charge in [-0.15, -0.1) is 11.3 Å². The van der Waals surface area contributed by atoms with Crippen LogP contribution in [0.25, 0.3) is 0 Å². The van der Waals surface area contributed by atoms with Crippen molar-refractivity contribution < 1.29 is 14.6 Å². The number of hydrogen-bond donors (Lipinski definition) is 3. The van der Waals surface area contributed by atoms with Gasteiger partial charge >= 0.3 is 6.03 Å². The third-order valence-electron chi connectivity index (χ3n) is 4.73. The number of hydrogen-bond acceptors (Lipinski definition) is 4. The number of rotatable bonds is 6. The predicted octanol–water partition coefficient (Wildman–Crippen LogP) is 2.59. The Hall–Kier alpha value is -2.45. The summed E-state index contributed by atoms with van der Waals surface area (Å²) in [6, 6.07) is 9.91. The number of nitro groups is 1. The number of non-ortho nitro benzene ring substituents is 1. The zero-order valence-electron chi connectivity index (χ0n) is 14.6. The summed E-state index contributed by atoms with van der Waals surface area (Å²) >= 11 is 1.73. The lowest BCUT2D eigenvalue weighted by molar-refractivity contribution is -0.920. The van der Waals surface area contributed by atoms with Gasteiger partial charge in [0.2, 0.25) is 0 Å². The number of amides is 2. The molecular formula is C18H23N4O3S+. The van der Waals surface area contributed by atoms with Gasteiger partial charge in [0.15, 0.2) is 0 Å². The van der Waals surface area contributed by atoms with Gasteiger partial charge in [-0.1, -0.05) is 6.07 Å². The second kappa shape index (κ2) is 8.29. The number of nitrogens with one attached hydrogen (secondary N) is 3. The van der Waals surface area contributed by atoms with Gasteiger partial charge in [-0.05, 0) is 30.5 Å². The monoisotopic (exact) mass is 375 g/mol. The summed E-state index contributed by atoms with van der Waals surface area (Å²) in [7, 11) is 0. The fourth-order valence-corrected chi connectivity index (χ4v) is 4.52. The zero-order valence-corrected chi connectivity index (χ0v) is 15.4. The van der Waals surface area contributed by atoms with E-state index in [9.17, 15) is 14.9 Å². The van der Waals surface area contributed by atoms with Crippen LogP contribution in [0.3, 0.4) is 0 Å². The summed E-state index contributed by atoms with van der Waals surface area (Å²) in [5, 5.41) is 18.6. The number of anilines is 1. The summed E-state index contributed by atoms with van der Waals surface area (Å²) < 4.78 is 0. The van der Waals surface area contributed by atoms with Crippen molar-refractivity contribution in [2.75, 3.05) is 18.4 Å². The third kappa shape index (κ3) is 4.39. The fraction of sp³-hybridized carbons (Fsp3) is 0.389. The standard InChI is InChI=1S/C18H22N4O3S/c1-13(17(16-5-4-12-26-16)21-10-2-3-11-21)19-18(23)20-14-6-8-15(9-7-14)22(24)25/h4-9,12-13,17H,2-3,10-11H2,1H3,(H2,19,20,23)/p+1/t13-,17+/m0/s1. The highest BCUT2D eigenvalue weighted by molar-refractivity contribution is 7.10. The first-order valence-electron chi connectivity index (χ1n) is 8.74. The van der Waals surface area contributed by atoms with Crippen LogP contribution in [-0.4, -0.2) is 30.1 Å². The molecular weight excluding hydrogens is 352 g/mol. The minimum absolute atomic E-state index is 0.000260. The van der Waals surface area contributed by atoms with E-state index in [1.54, 1.807) is 11.3 Å². The number of benzene rings is 1. The molecule has 3 rings (SSSR count). The number of nitrogens with zero attached hydrogens (tertiary/aromatic N) is 1. The molecule has 1 aromatic heterocycles. The number of urea groups is 1. The normalized spacial score (nSPS) is 16.8. The molecule has 1 aliphatic heterocycles. The van der Waals surface area contributed by atoms with Crippen LogP contribution in [0.5, 0.6) is 0 Å². The summed E-state index contributed by atoms with van der Waals surface area (Å²) in [5.74, 6) is 0. The SMILES string of the molecule is C[C@H](NC(=O)Nc1ccc([N+](=O)[O-])cc1)[C@H](c1cccs1)[NH+]1CCCC1. The van der Waals surface area contributed by atoms with E-state index in [0.717, 1.165) is 13.1 Å². The Balaban J connectivity index is 1.63. The molecule has 0 saturated carbocycles. The quantitative estimate of drug-likeness (QED) is 0.536. The Bertz CT molecular complexity index is 742. The van der Waals surface area contributed by atoms with Crippen LogP contribution in [0.4, 0.5) is 16.2 Å². The molecule has 1 saturated heterocycles. The van der Waals surface area contributed by atoms with Gasteiger partial charge in [0.1, 0.15) is 6.04 Å². The van der Waals surface area contributed by atoms with Crippen LogP contribution >= 0.6 is 11.3 Å². The Labute approximate surface area is 156 Å². The van der Waals surface area contributed by atoms with Crippen molar-refractivity contribution in [3.8, 4) is 0 Å². The van der Waals surface area contributed by atoms with E-state index in [0.29, 0.717) is 5.69 Å². The first-order valence-corrected chi connectivity index (χ1v) is 9.62. The highest BCUT2D eigenvalue weighted by atomic mass is 32.1. The molecule has 2 heterocycles. The average Bonchev–Trinajstić information content (AvgIpc) is 3.30. The molecule has 3 N–H and O–H groups in total. The number of carbonyl (C=O) groups excluding carboxylic acids is 1. The topological polar surface area (TPSA) is 88.7 Å². The van der Waals surface area contributed by atoms with Crippen molar-refractivity contribution in [2.45, 2.75) is 31.8 Å². The van der Waals surface area contributed by atoms with Crippen molar-refractivity contribution in [3.63, 3.8) is 0 Å². The summed E-state index contributed by atoms with van der Waals surface area (Å²) in [5.41, 5.74) is 0.529. The Kier molecular flexibility index (Phi) is 5.85. The first-order chi connectivity index (χ1) is 12.5. The highest BCUT2D eigenvalue weighted by Gasteiger charge is 2.33. The van der Waals surface area contributed by atoms with Crippen LogP contribution < -0.4 is 15.5 Å². The largest absolute Gasteiger partial charge is 0.329 e. The van der Waals surface area contributed by atoms with Crippen molar-refractivity contribution in [1.82, 2.24) is 5.32 Å². The van der Waals surface area contributed by atoms with E-state index in [1.165, 1.54) is 46.9 Å². The van der Waals surface area contributed by atoms with Crippen LogP contribution in [-0.2, 0) is 0 Å². The third-order valence-corrected chi connectivity index (χ3v) is 5.69. The molecule has 2 aromatic rings. The number of likely N-dealkylation sites (tertiary alicyclic amines) is 1. The lowest BCUT2D eigenvalue weighted by atomic mass is 10.1. The van der Waals surface area contributed by atoms with Gasteiger partial charge in [-0.3, -0.25) is 10.1 Å². The van der Waals surface area contributed by atoms with Crippen molar-refractivity contribution in [1.29, 1.82) is 0 Å². The maximum atomic E-state index is 12.4. The molecule has 7 nitrogen and oxygen atoms in total. The lowest BCUT2D eigenvalue weighted by Crippen LogP contribution is -3.11. The van der Waals surface area contributed by atoms with Crippen molar-refractivity contribution >= 4 is 28.7 Å². The molecule has 2 amide bonds. The molecule has 0 spiro atoms. The minimum atomic E-state index is -0.462. The number of nitro benzene ring substituents is 1. The minimum Gasteiger partial charge on any atom is -0.329 e. The molecule has 0 unspecified atom stereocenters. The molecule has 2 atom stereocenters. The van der Waals surface area contributed by atoms with E-state index < -0.39 is 4.92 Å². The van der Waals surface area contributed by atoms with E-state index in [4.69, 9.17) is 0 Å². The second-order valence-corrected chi connectivity index (χ2v) is 7.53. The van der Waals surface area contributed by atoms with Gasteiger partial charge in [0.25, 0.3) is 5.69 Å². The maximum Gasteiger partial charge on any atom is 0.319 e. The van der Waals surface area contributed by atoms with Crippen molar-refractivity contribution in [3.05, 3.63) is 56.8 Å². The van der Waals surface area contributed by atoms with Gasteiger partial charge in [0, 0.05) is 30.7 Å². The molecule has 0 radical (unpaired) electrons. The predicted molar refractivity (Wildman–Crippen MR) is 102 cm³/mol. The molecule has 1 aliphatic rings. The highest BCUT2D eigenvalue weighted by Crippen LogP contribution is 2.21. The van der Waals surface area contributed by atoms with Crippen LogP contribution in [0.2, 0.25) is 0 Å². The Morgan fingerprint density at radius 3 is 2.50 bits per heavy atom. The summed E-state index contributed by atoms with van der Waals surface area (Å²) in [6.07, 6.45) is 2.44. The van der Waals surface area contributed by atoms with E-state index >= 15 is 0 Å². The maximum absolute atomic E-state index is 12.4. The Morgan fingerprint density at radius 2 is 1.92 bits per heavy atom. The van der Waals surface area contributed by atoms with Gasteiger partial charge in [-0.25, -0.2) is 4.79 Å². The van der Waals surface area contributed by atoms with E-state index in [2.05, 4.69) is 22.1 Å². The number of thiophene rings is 1. The Morgan fingerprint density at radius 1 is 1.23 bits per heavy atom. The number of carbonyl (C=O) groups is 1. The van der Waals surface area contributed by atoms with Crippen molar-refractivity contribution in [2.24, 2.45) is 0 Å². The molecule has 1 aromatic carbocycles. The molecule has 138 valence electrons. The molecule has 0 bridgehead atoms. The average molecular weight is 375 g/mol. The fourth-order valence-electron chi connectivity index (χ4n) is 3.53. The van der Waals surface area contributed by atoms with Gasteiger partial charge in [-0.2, -0.15) is 0 Å². The molecule has 1 fully saturated rings. The number of quaternary nitrogens is 1. The molecule has 26 heavy (non-hydrogen) atoms. The first kappa shape index (κ1) is 18.3. The van der Waals surface area contributed by atoms with Gasteiger partial charge in [0.05, 0.1) is 28.9 Å². The van der Waals surface area contributed by atoms with E-state index in [-0.39, 0.29) is 23.8 Å². The smallest absolute Gasteiger partial charge is 0.319 e. The van der Waals surface area contributed by atoms with Crippen LogP contribution in [0, 0.1) is 10.1 Å². The second-order valence-electron chi connectivity index (χ2n) is 6.55.